The second kappa shape index (κ2) is 8.89. The van der Waals surface area contributed by atoms with Crippen LogP contribution in [0.3, 0.4) is 0 Å². The van der Waals surface area contributed by atoms with Gasteiger partial charge in [0.25, 0.3) is 5.91 Å². The SMILES string of the molecule is CCCNC(=O)NC(=O)COC(=O)c1cc(C)n(Cc2ccco2)c1C. The zero-order valence-electron chi connectivity index (χ0n) is 15.1. The molecule has 140 valence electrons. The fraction of sp³-hybridized carbons (Fsp3) is 0.389. The van der Waals surface area contributed by atoms with E-state index in [0.29, 0.717) is 24.3 Å². The molecule has 0 aromatic carbocycles. The van der Waals surface area contributed by atoms with E-state index >= 15 is 0 Å². The average molecular weight is 361 g/mol. The summed E-state index contributed by atoms with van der Waals surface area (Å²) in [4.78, 5) is 35.3. The molecule has 2 N–H and O–H groups in total. The number of imide groups is 1. The first-order chi connectivity index (χ1) is 12.4. The smallest absolute Gasteiger partial charge is 0.340 e. The Morgan fingerprint density at radius 2 is 2.04 bits per heavy atom. The molecule has 8 nitrogen and oxygen atoms in total. The van der Waals surface area contributed by atoms with Crippen molar-refractivity contribution in [2.45, 2.75) is 33.7 Å². The van der Waals surface area contributed by atoms with Crippen molar-refractivity contribution in [3.8, 4) is 0 Å². The number of ether oxygens (including phenoxy) is 1. The Morgan fingerprint density at radius 3 is 2.69 bits per heavy atom. The van der Waals surface area contributed by atoms with Gasteiger partial charge in [-0.15, -0.1) is 0 Å². The lowest BCUT2D eigenvalue weighted by Crippen LogP contribution is -2.41. The molecule has 0 aliphatic heterocycles. The molecule has 0 aliphatic carbocycles. The zero-order valence-corrected chi connectivity index (χ0v) is 15.1. The van der Waals surface area contributed by atoms with E-state index in [1.54, 1.807) is 25.3 Å². The highest BCUT2D eigenvalue weighted by Crippen LogP contribution is 2.18. The number of nitrogens with one attached hydrogen (secondary N) is 2. The van der Waals surface area contributed by atoms with Crippen LogP contribution in [0.2, 0.25) is 0 Å². The van der Waals surface area contributed by atoms with Gasteiger partial charge in [0.2, 0.25) is 0 Å². The van der Waals surface area contributed by atoms with Crippen molar-refractivity contribution >= 4 is 17.9 Å². The van der Waals surface area contributed by atoms with Crippen molar-refractivity contribution in [2.24, 2.45) is 0 Å². The molecule has 26 heavy (non-hydrogen) atoms. The number of rotatable bonds is 7. The lowest BCUT2D eigenvalue weighted by molar-refractivity contribution is -0.123. The predicted molar refractivity (Wildman–Crippen MR) is 93.8 cm³/mol. The highest BCUT2D eigenvalue weighted by atomic mass is 16.5. The molecule has 0 fully saturated rings. The number of aromatic nitrogens is 1. The number of esters is 1. The Labute approximate surface area is 151 Å². The van der Waals surface area contributed by atoms with Gasteiger partial charge in [-0.1, -0.05) is 6.92 Å². The lowest BCUT2D eigenvalue weighted by atomic mass is 10.2. The maximum absolute atomic E-state index is 12.3. The minimum Gasteiger partial charge on any atom is -0.467 e. The Bertz CT molecular complexity index is 777. The third-order valence-electron chi connectivity index (χ3n) is 3.81. The Kier molecular flexibility index (Phi) is 6.60. The summed E-state index contributed by atoms with van der Waals surface area (Å²) in [5.41, 5.74) is 1.96. The van der Waals surface area contributed by atoms with E-state index in [-0.39, 0.29) is 0 Å². The number of aryl methyl sites for hydroxylation is 1. The molecular formula is C18H23N3O5. The molecule has 0 bridgehead atoms. The summed E-state index contributed by atoms with van der Waals surface area (Å²) in [6, 6.07) is 4.75. The second-order valence-electron chi connectivity index (χ2n) is 5.83. The van der Waals surface area contributed by atoms with Gasteiger partial charge in [-0.05, 0) is 38.5 Å². The van der Waals surface area contributed by atoms with Gasteiger partial charge < -0.3 is 19.0 Å². The summed E-state index contributed by atoms with van der Waals surface area (Å²) in [5.74, 6) is -0.534. The van der Waals surface area contributed by atoms with Gasteiger partial charge in [0.05, 0.1) is 18.4 Å². The molecule has 2 heterocycles. The van der Waals surface area contributed by atoms with E-state index in [9.17, 15) is 14.4 Å². The van der Waals surface area contributed by atoms with Gasteiger partial charge >= 0.3 is 12.0 Å². The molecule has 2 aromatic rings. The van der Waals surface area contributed by atoms with Crippen molar-refractivity contribution in [3.63, 3.8) is 0 Å². The molecule has 0 unspecified atom stereocenters. The largest absolute Gasteiger partial charge is 0.467 e. The number of carbonyl (C=O) groups excluding carboxylic acids is 3. The van der Waals surface area contributed by atoms with Gasteiger partial charge in [-0.2, -0.15) is 0 Å². The topological polar surface area (TPSA) is 103 Å². The van der Waals surface area contributed by atoms with E-state index in [0.717, 1.165) is 17.9 Å². The number of furan rings is 1. The van der Waals surface area contributed by atoms with Crippen molar-refractivity contribution < 1.29 is 23.5 Å². The first-order valence-electron chi connectivity index (χ1n) is 8.36. The molecule has 0 saturated carbocycles. The Balaban J connectivity index is 1.93. The van der Waals surface area contributed by atoms with E-state index in [1.807, 2.05) is 24.5 Å². The summed E-state index contributed by atoms with van der Waals surface area (Å²) < 4.78 is 12.3. The minimum atomic E-state index is -0.684. The van der Waals surface area contributed by atoms with Crippen LogP contribution in [0.25, 0.3) is 0 Å². The fourth-order valence-electron chi connectivity index (χ4n) is 2.46. The van der Waals surface area contributed by atoms with E-state index in [2.05, 4.69) is 10.6 Å². The summed E-state index contributed by atoms with van der Waals surface area (Å²) in [6.07, 6.45) is 2.35. The van der Waals surface area contributed by atoms with Crippen LogP contribution < -0.4 is 10.6 Å². The van der Waals surface area contributed by atoms with Crippen molar-refractivity contribution in [1.29, 1.82) is 0 Å². The lowest BCUT2D eigenvalue weighted by Gasteiger charge is -2.08. The van der Waals surface area contributed by atoms with E-state index < -0.39 is 24.5 Å². The van der Waals surface area contributed by atoms with E-state index in [4.69, 9.17) is 9.15 Å². The van der Waals surface area contributed by atoms with Crippen LogP contribution in [0, 0.1) is 13.8 Å². The third-order valence-corrected chi connectivity index (χ3v) is 3.81. The van der Waals surface area contributed by atoms with Gasteiger partial charge in [0.1, 0.15) is 5.76 Å². The van der Waals surface area contributed by atoms with Crippen molar-refractivity contribution in [3.05, 3.63) is 47.2 Å². The predicted octanol–water partition coefficient (Wildman–Crippen LogP) is 2.14. The normalized spacial score (nSPS) is 10.4. The number of nitrogens with zero attached hydrogens (tertiary/aromatic N) is 1. The Morgan fingerprint density at radius 1 is 1.27 bits per heavy atom. The zero-order chi connectivity index (χ0) is 19.1. The summed E-state index contributed by atoms with van der Waals surface area (Å²) in [7, 11) is 0. The van der Waals surface area contributed by atoms with Gasteiger partial charge in [0, 0.05) is 17.9 Å². The van der Waals surface area contributed by atoms with Crippen LogP contribution in [-0.4, -0.2) is 35.6 Å². The molecule has 8 heteroatoms. The first kappa shape index (κ1) is 19.3. The fourth-order valence-corrected chi connectivity index (χ4v) is 2.46. The number of hydrogen-bond acceptors (Lipinski definition) is 5. The average Bonchev–Trinajstić information content (AvgIpc) is 3.21. The van der Waals surface area contributed by atoms with Crippen molar-refractivity contribution in [2.75, 3.05) is 13.2 Å². The first-order valence-corrected chi connectivity index (χ1v) is 8.36. The molecule has 0 saturated heterocycles. The number of amides is 3. The van der Waals surface area contributed by atoms with E-state index in [1.165, 1.54) is 0 Å². The summed E-state index contributed by atoms with van der Waals surface area (Å²) >= 11 is 0. The number of urea groups is 1. The highest BCUT2D eigenvalue weighted by molar-refractivity contribution is 5.97. The monoisotopic (exact) mass is 361 g/mol. The molecular weight excluding hydrogens is 338 g/mol. The maximum Gasteiger partial charge on any atom is 0.340 e. The molecule has 0 aliphatic rings. The van der Waals surface area contributed by atoms with Crippen LogP contribution in [0.1, 0.15) is 40.9 Å². The molecule has 0 radical (unpaired) electrons. The standard InChI is InChI=1S/C18H23N3O5/c1-4-7-19-18(24)20-16(22)11-26-17(23)15-9-12(2)21(13(15)3)10-14-6-5-8-25-14/h5-6,8-9H,4,7,10-11H2,1-3H3,(H2,19,20,22,24). The number of hydrogen-bond donors (Lipinski definition) is 2. The third kappa shape index (κ3) is 4.98. The van der Waals surface area contributed by atoms with Crippen LogP contribution in [-0.2, 0) is 16.1 Å². The maximum atomic E-state index is 12.3. The molecule has 2 rings (SSSR count). The molecule has 0 spiro atoms. The molecule has 2 aromatic heterocycles. The van der Waals surface area contributed by atoms with Gasteiger partial charge in [-0.3, -0.25) is 10.1 Å². The molecule has 0 atom stereocenters. The quantitative estimate of drug-likeness (QED) is 0.736. The second-order valence-corrected chi connectivity index (χ2v) is 5.83. The van der Waals surface area contributed by atoms with Gasteiger partial charge in [0.15, 0.2) is 6.61 Å². The number of carbonyl (C=O) groups is 3. The highest BCUT2D eigenvalue weighted by Gasteiger charge is 2.19. The Hall–Kier alpha value is -3.03. The summed E-state index contributed by atoms with van der Waals surface area (Å²) in [6.45, 7) is 5.99. The van der Waals surface area contributed by atoms with Crippen molar-refractivity contribution in [1.82, 2.24) is 15.2 Å². The minimum absolute atomic E-state index is 0.372. The van der Waals surface area contributed by atoms with Gasteiger partial charge in [-0.25, -0.2) is 9.59 Å². The van der Waals surface area contributed by atoms with Crippen LogP contribution >= 0.6 is 0 Å². The van der Waals surface area contributed by atoms with Crippen LogP contribution in [0.15, 0.2) is 28.9 Å². The van der Waals surface area contributed by atoms with Crippen LogP contribution in [0.5, 0.6) is 0 Å². The summed E-state index contributed by atoms with van der Waals surface area (Å²) in [5, 5.41) is 4.60. The molecule has 3 amide bonds. The van der Waals surface area contributed by atoms with Crippen LogP contribution in [0.4, 0.5) is 4.79 Å².